The number of para-hydroxylation sites is 1. The van der Waals surface area contributed by atoms with Crippen LogP contribution in [-0.2, 0) is 21.2 Å². The molecule has 0 aromatic heterocycles. The quantitative estimate of drug-likeness (QED) is 0.899. The minimum absolute atomic E-state index is 0.0389. The molecule has 1 amide bonds. The number of halogens is 1. The van der Waals surface area contributed by atoms with Gasteiger partial charge in [0, 0.05) is 18.8 Å². The highest BCUT2D eigenvalue weighted by molar-refractivity contribution is 7.89. The van der Waals surface area contributed by atoms with Crippen molar-refractivity contribution in [1.82, 2.24) is 4.72 Å². The Bertz CT molecular complexity index is 896. The number of sulfonamides is 1. The predicted octanol–water partition coefficient (Wildman–Crippen LogP) is 2.00. The van der Waals surface area contributed by atoms with Crippen LogP contribution in [0, 0.1) is 12.7 Å². The Kier molecular flexibility index (Phi) is 4.38. The first-order chi connectivity index (χ1) is 11.4. The van der Waals surface area contributed by atoms with E-state index >= 15 is 0 Å². The van der Waals surface area contributed by atoms with Crippen molar-refractivity contribution in [1.29, 1.82) is 0 Å². The van der Waals surface area contributed by atoms with Gasteiger partial charge in [-0.3, -0.25) is 4.79 Å². The number of hydrogen-bond donors (Lipinski definition) is 1. The van der Waals surface area contributed by atoms with Crippen LogP contribution in [0.4, 0.5) is 10.1 Å². The van der Waals surface area contributed by atoms with E-state index in [0.717, 1.165) is 17.3 Å². The molecule has 0 spiro atoms. The van der Waals surface area contributed by atoms with Gasteiger partial charge in [-0.25, -0.2) is 17.5 Å². The van der Waals surface area contributed by atoms with E-state index in [-0.39, 0.29) is 23.9 Å². The summed E-state index contributed by atoms with van der Waals surface area (Å²) >= 11 is 0. The minimum atomic E-state index is -3.75. The lowest BCUT2D eigenvalue weighted by Crippen LogP contribution is -2.36. The maximum Gasteiger partial charge on any atom is 0.240 e. The highest BCUT2D eigenvalue weighted by Crippen LogP contribution is 2.27. The Balaban J connectivity index is 1.69. The third-order valence-electron chi connectivity index (χ3n) is 3.98. The molecule has 126 valence electrons. The Hall–Kier alpha value is -2.25. The second kappa shape index (κ2) is 6.33. The van der Waals surface area contributed by atoms with Gasteiger partial charge >= 0.3 is 0 Å². The summed E-state index contributed by atoms with van der Waals surface area (Å²) in [5, 5.41) is 0. The molecule has 0 atom stereocenters. The van der Waals surface area contributed by atoms with Crippen molar-refractivity contribution < 1.29 is 17.6 Å². The lowest BCUT2D eigenvalue weighted by molar-refractivity contribution is -0.117. The summed E-state index contributed by atoms with van der Waals surface area (Å²) < 4.78 is 40.2. The van der Waals surface area contributed by atoms with Crippen molar-refractivity contribution >= 4 is 21.6 Å². The van der Waals surface area contributed by atoms with E-state index in [2.05, 4.69) is 4.72 Å². The zero-order chi connectivity index (χ0) is 17.3. The first-order valence-corrected chi connectivity index (χ1v) is 9.01. The number of nitrogens with zero attached hydrogens (tertiary/aromatic N) is 1. The normalized spacial score (nSPS) is 14.1. The largest absolute Gasteiger partial charge is 0.311 e. The smallest absolute Gasteiger partial charge is 0.240 e. The fraction of sp³-hybridized carbons (Fsp3) is 0.235. The zero-order valence-corrected chi connectivity index (χ0v) is 13.9. The number of anilines is 1. The molecule has 2 aromatic carbocycles. The number of hydrogen-bond acceptors (Lipinski definition) is 3. The number of aryl methyl sites for hydroxylation is 1. The van der Waals surface area contributed by atoms with Gasteiger partial charge < -0.3 is 4.90 Å². The van der Waals surface area contributed by atoms with Crippen LogP contribution in [-0.4, -0.2) is 27.4 Å². The third kappa shape index (κ3) is 3.18. The third-order valence-corrected chi connectivity index (χ3v) is 5.60. The van der Waals surface area contributed by atoms with E-state index in [0.29, 0.717) is 12.0 Å². The summed E-state index contributed by atoms with van der Waals surface area (Å²) in [6.45, 7) is 1.87. The summed E-state index contributed by atoms with van der Waals surface area (Å²) in [6, 6.07) is 11.0. The number of amides is 1. The first kappa shape index (κ1) is 16.6. The predicted molar refractivity (Wildman–Crippen MR) is 88.8 cm³/mol. The number of benzene rings is 2. The molecule has 0 radical (unpaired) electrons. The maximum atomic E-state index is 13.1. The summed E-state index contributed by atoms with van der Waals surface area (Å²) in [5.41, 5.74) is 2.10. The molecule has 0 aliphatic carbocycles. The van der Waals surface area contributed by atoms with Crippen LogP contribution in [0.3, 0.4) is 0 Å². The molecule has 2 aromatic rings. The van der Waals surface area contributed by atoms with Crippen LogP contribution < -0.4 is 9.62 Å². The number of carbonyl (C=O) groups is 1. The average molecular weight is 348 g/mol. The first-order valence-electron chi connectivity index (χ1n) is 7.52. The van der Waals surface area contributed by atoms with Crippen molar-refractivity contribution in [3.63, 3.8) is 0 Å². The molecule has 0 bridgehead atoms. The van der Waals surface area contributed by atoms with Crippen molar-refractivity contribution in [2.24, 2.45) is 0 Å². The average Bonchev–Trinajstić information content (AvgIpc) is 2.83. The van der Waals surface area contributed by atoms with Gasteiger partial charge in [-0.2, -0.15) is 0 Å². The minimum Gasteiger partial charge on any atom is -0.311 e. The number of fused-ring (bicyclic) bond motifs is 1. The van der Waals surface area contributed by atoms with Crippen LogP contribution in [0.15, 0.2) is 47.4 Å². The molecule has 1 aliphatic rings. The van der Waals surface area contributed by atoms with Gasteiger partial charge in [0.25, 0.3) is 0 Å². The second-order valence-corrected chi connectivity index (χ2v) is 7.39. The lowest BCUT2D eigenvalue weighted by Gasteiger charge is -2.18. The molecule has 1 aliphatic heterocycles. The number of nitrogens with one attached hydrogen (secondary N) is 1. The number of rotatable bonds is 5. The van der Waals surface area contributed by atoms with Crippen molar-refractivity contribution in [3.8, 4) is 0 Å². The van der Waals surface area contributed by atoms with Crippen LogP contribution in [0.5, 0.6) is 0 Å². The molecular formula is C17H17FN2O3S. The maximum absolute atomic E-state index is 13.1. The topological polar surface area (TPSA) is 66.5 Å². The summed E-state index contributed by atoms with van der Waals surface area (Å²) in [7, 11) is -3.75. The monoisotopic (exact) mass is 348 g/mol. The van der Waals surface area contributed by atoms with Crippen molar-refractivity contribution in [2.45, 2.75) is 18.2 Å². The van der Waals surface area contributed by atoms with E-state index in [1.54, 1.807) is 4.90 Å². The van der Waals surface area contributed by atoms with Crippen LogP contribution in [0.2, 0.25) is 0 Å². The molecule has 0 unspecified atom stereocenters. The van der Waals surface area contributed by atoms with Crippen LogP contribution in [0.1, 0.15) is 11.1 Å². The van der Waals surface area contributed by atoms with Gasteiger partial charge in [0.1, 0.15) is 5.82 Å². The second-order valence-electron chi connectivity index (χ2n) is 5.66. The molecule has 0 fully saturated rings. The molecule has 0 saturated heterocycles. The Morgan fingerprint density at radius 3 is 2.71 bits per heavy atom. The highest BCUT2D eigenvalue weighted by Gasteiger charge is 2.26. The molecule has 1 heterocycles. The molecule has 3 rings (SSSR count). The van der Waals surface area contributed by atoms with Crippen molar-refractivity contribution in [2.75, 3.05) is 18.0 Å². The SMILES string of the molecule is Cc1cc(F)ccc1S(=O)(=O)NCCN1C(=O)Cc2ccccc21. The Morgan fingerprint density at radius 2 is 1.96 bits per heavy atom. The Morgan fingerprint density at radius 1 is 1.21 bits per heavy atom. The summed E-state index contributed by atoms with van der Waals surface area (Å²) in [5.74, 6) is -0.529. The van der Waals surface area contributed by atoms with Gasteiger partial charge in [0.15, 0.2) is 0 Å². The van der Waals surface area contributed by atoms with E-state index < -0.39 is 15.8 Å². The van der Waals surface area contributed by atoms with E-state index in [9.17, 15) is 17.6 Å². The van der Waals surface area contributed by atoms with E-state index in [1.807, 2.05) is 24.3 Å². The van der Waals surface area contributed by atoms with Gasteiger partial charge in [-0.05, 0) is 42.3 Å². The standard InChI is InChI=1S/C17H17FN2O3S/c1-12-10-14(18)6-7-16(12)24(22,23)19-8-9-20-15-5-3-2-4-13(15)11-17(20)21/h2-7,10,19H,8-9,11H2,1H3. The summed E-state index contributed by atoms with van der Waals surface area (Å²) in [4.78, 5) is 13.7. The van der Waals surface area contributed by atoms with Gasteiger partial charge in [-0.15, -0.1) is 0 Å². The molecule has 5 nitrogen and oxygen atoms in total. The van der Waals surface area contributed by atoms with Gasteiger partial charge in [-0.1, -0.05) is 18.2 Å². The molecule has 0 saturated carbocycles. The van der Waals surface area contributed by atoms with Crippen LogP contribution >= 0.6 is 0 Å². The zero-order valence-electron chi connectivity index (χ0n) is 13.1. The molecule has 24 heavy (non-hydrogen) atoms. The fourth-order valence-electron chi connectivity index (χ4n) is 2.85. The van der Waals surface area contributed by atoms with Crippen LogP contribution in [0.25, 0.3) is 0 Å². The highest BCUT2D eigenvalue weighted by atomic mass is 32.2. The van der Waals surface area contributed by atoms with Gasteiger partial charge in [0.2, 0.25) is 15.9 Å². The van der Waals surface area contributed by atoms with Crippen molar-refractivity contribution in [3.05, 3.63) is 59.4 Å². The summed E-state index contributed by atoms with van der Waals surface area (Å²) in [6.07, 6.45) is 0.333. The van der Waals surface area contributed by atoms with E-state index in [4.69, 9.17) is 0 Å². The molecule has 1 N–H and O–H groups in total. The lowest BCUT2D eigenvalue weighted by atomic mass is 10.2. The van der Waals surface area contributed by atoms with Gasteiger partial charge in [0.05, 0.1) is 11.3 Å². The van der Waals surface area contributed by atoms with E-state index in [1.165, 1.54) is 19.1 Å². The Labute approximate surface area is 140 Å². The number of carbonyl (C=O) groups excluding carboxylic acids is 1. The molecule has 7 heteroatoms. The fourth-order valence-corrected chi connectivity index (χ4v) is 4.09. The molecular weight excluding hydrogens is 331 g/mol.